The van der Waals surface area contributed by atoms with Crippen LogP contribution in [-0.4, -0.2) is 9.78 Å². The topological polar surface area (TPSA) is 17.8 Å². The fourth-order valence-corrected chi connectivity index (χ4v) is 1.10. The molecule has 1 aromatic carbocycles. The predicted octanol–water partition coefficient (Wildman–Crippen LogP) is 2.09. The van der Waals surface area contributed by atoms with Gasteiger partial charge in [0.15, 0.2) is 11.6 Å². The molecule has 0 unspecified atom stereocenters. The third-order valence-corrected chi connectivity index (χ3v) is 1.65. The van der Waals surface area contributed by atoms with Gasteiger partial charge in [-0.1, -0.05) is 0 Å². The molecule has 0 atom stereocenters. The van der Waals surface area contributed by atoms with Gasteiger partial charge in [-0.05, 0) is 6.07 Å². The lowest BCUT2D eigenvalue weighted by molar-refractivity contribution is 0.525. The first-order chi connectivity index (χ1) is 6.68. The summed E-state index contributed by atoms with van der Waals surface area (Å²) in [5, 5.41) is 3.63. The van der Waals surface area contributed by atoms with Crippen LogP contribution in [0.2, 0.25) is 0 Å². The minimum absolute atomic E-state index is 0.434. The molecular formula is C9H4F3N2. The van der Waals surface area contributed by atoms with Crippen molar-refractivity contribution in [3.8, 4) is 5.69 Å². The third kappa shape index (κ3) is 1.37. The second-order valence-corrected chi connectivity index (χ2v) is 2.58. The van der Waals surface area contributed by atoms with Crippen molar-refractivity contribution in [3.63, 3.8) is 0 Å². The Balaban J connectivity index is 2.64. The highest BCUT2D eigenvalue weighted by atomic mass is 19.1. The van der Waals surface area contributed by atoms with Gasteiger partial charge in [-0.15, -0.1) is 0 Å². The molecule has 5 heteroatoms. The van der Waals surface area contributed by atoms with E-state index in [1.54, 1.807) is 6.07 Å². The van der Waals surface area contributed by atoms with Crippen LogP contribution in [0.5, 0.6) is 0 Å². The van der Waals surface area contributed by atoms with E-state index >= 15 is 0 Å². The van der Waals surface area contributed by atoms with E-state index in [4.69, 9.17) is 0 Å². The van der Waals surface area contributed by atoms with Crippen molar-refractivity contribution in [1.82, 2.24) is 9.78 Å². The summed E-state index contributed by atoms with van der Waals surface area (Å²) in [7, 11) is 0. The Kier molecular flexibility index (Phi) is 1.99. The maximum Gasteiger partial charge on any atom is 0.162 e. The van der Waals surface area contributed by atoms with Gasteiger partial charge in [0.1, 0.15) is 11.5 Å². The molecule has 0 N–H and O–H groups in total. The number of hydrogen-bond donors (Lipinski definition) is 0. The van der Waals surface area contributed by atoms with Crippen LogP contribution in [0.3, 0.4) is 0 Å². The Bertz CT molecular complexity index is 428. The van der Waals surface area contributed by atoms with E-state index in [-0.39, 0.29) is 0 Å². The van der Waals surface area contributed by atoms with E-state index < -0.39 is 23.1 Å². The molecule has 0 spiro atoms. The molecule has 0 bridgehead atoms. The molecule has 0 amide bonds. The van der Waals surface area contributed by atoms with Crippen molar-refractivity contribution in [2.75, 3.05) is 0 Å². The van der Waals surface area contributed by atoms with Gasteiger partial charge in [-0.25, -0.2) is 17.9 Å². The molecule has 14 heavy (non-hydrogen) atoms. The van der Waals surface area contributed by atoms with Crippen LogP contribution in [0.25, 0.3) is 5.69 Å². The molecule has 2 rings (SSSR count). The number of nitrogens with zero attached hydrogens (tertiary/aromatic N) is 2. The van der Waals surface area contributed by atoms with E-state index in [0.29, 0.717) is 6.07 Å². The summed E-state index contributed by atoms with van der Waals surface area (Å²) >= 11 is 0. The summed E-state index contributed by atoms with van der Waals surface area (Å²) in [5.41, 5.74) is -0.434. The Hall–Kier alpha value is -1.78. The quantitative estimate of drug-likeness (QED) is 0.684. The SMILES string of the molecule is Fc1[c]c(F)c(-n2cccn2)c(F)c1. The van der Waals surface area contributed by atoms with E-state index in [9.17, 15) is 13.2 Å². The molecule has 1 aromatic heterocycles. The first-order valence-corrected chi connectivity index (χ1v) is 3.75. The van der Waals surface area contributed by atoms with Gasteiger partial charge >= 0.3 is 0 Å². The third-order valence-electron chi connectivity index (χ3n) is 1.65. The molecule has 0 fully saturated rings. The standard InChI is InChI=1S/C9H4F3N2/c10-6-4-7(11)9(8(12)5-6)14-3-1-2-13-14/h1-4H. The molecule has 0 aliphatic rings. The van der Waals surface area contributed by atoms with E-state index in [2.05, 4.69) is 5.10 Å². The fraction of sp³-hybridized carbons (Fsp3) is 0. The summed E-state index contributed by atoms with van der Waals surface area (Å²) in [6.07, 6.45) is 2.72. The van der Waals surface area contributed by atoms with Crippen molar-refractivity contribution in [3.05, 3.63) is 48.0 Å². The molecular weight excluding hydrogens is 193 g/mol. The number of benzene rings is 1. The Labute approximate surface area is 77.6 Å². The van der Waals surface area contributed by atoms with Crippen molar-refractivity contribution >= 4 is 0 Å². The molecule has 0 saturated carbocycles. The lowest BCUT2D eigenvalue weighted by Crippen LogP contribution is -2.02. The van der Waals surface area contributed by atoms with Crippen LogP contribution in [0.4, 0.5) is 13.2 Å². The van der Waals surface area contributed by atoms with Gasteiger partial charge in [0, 0.05) is 18.5 Å². The zero-order valence-electron chi connectivity index (χ0n) is 6.84. The first kappa shape index (κ1) is 8.80. The van der Waals surface area contributed by atoms with Crippen molar-refractivity contribution < 1.29 is 13.2 Å². The highest BCUT2D eigenvalue weighted by molar-refractivity contribution is 5.33. The number of hydrogen-bond acceptors (Lipinski definition) is 1. The van der Waals surface area contributed by atoms with Crippen LogP contribution < -0.4 is 0 Å². The highest BCUT2D eigenvalue weighted by Crippen LogP contribution is 2.17. The smallest absolute Gasteiger partial charge is 0.162 e. The molecule has 0 aliphatic heterocycles. The summed E-state index contributed by atoms with van der Waals surface area (Å²) in [4.78, 5) is 0. The van der Waals surface area contributed by atoms with Gasteiger partial charge in [0.25, 0.3) is 0 Å². The summed E-state index contributed by atoms with van der Waals surface area (Å²) < 4.78 is 39.6. The van der Waals surface area contributed by atoms with Crippen molar-refractivity contribution in [1.29, 1.82) is 0 Å². The lowest BCUT2D eigenvalue weighted by atomic mass is 10.3. The van der Waals surface area contributed by atoms with E-state index in [1.165, 1.54) is 18.5 Å². The average Bonchev–Trinajstić information content (AvgIpc) is 2.54. The maximum atomic E-state index is 13.1. The largest absolute Gasteiger partial charge is 0.235 e. The number of aromatic nitrogens is 2. The summed E-state index contributed by atoms with van der Waals surface area (Å²) in [6, 6.07) is 3.79. The monoisotopic (exact) mass is 197 g/mol. The van der Waals surface area contributed by atoms with Crippen LogP contribution in [-0.2, 0) is 0 Å². The summed E-state index contributed by atoms with van der Waals surface area (Å²) in [6.45, 7) is 0. The zero-order chi connectivity index (χ0) is 10.1. The van der Waals surface area contributed by atoms with E-state index in [1.807, 2.05) is 0 Å². The normalized spacial score (nSPS) is 10.5. The Morgan fingerprint density at radius 3 is 2.64 bits per heavy atom. The lowest BCUT2D eigenvalue weighted by Gasteiger charge is -2.03. The van der Waals surface area contributed by atoms with Gasteiger partial charge in [-0.2, -0.15) is 5.10 Å². The number of rotatable bonds is 1. The molecule has 0 saturated heterocycles. The minimum Gasteiger partial charge on any atom is -0.235 e. The number of halogens is 3. The Morgan fingerprint density at radius 2 is 2.07 bits per heavy atom. The fourth-order valence-electron chi connectivity index (χ4n) is 1.10. The summed E-state index contributed by atoms with van der Waals surface area (Å²) in [5.74, 6) is -3.19. The second kappa shape index (κ2) is 3.17. The maximum absolute atomic E-state index is 13.1. The van der Waals surface area contributed by atoms with Crippen LogP contribution in [0.1, 0.15) is 0 Å². The van der Waals surface area contributed by atoms with Crippen LogP contribution >= 0.6 is 0 Å². The van der Waals surface area contributed by atoms with Gasteiger partial charge < -0.3 is 0 Å². The molecule has 1 radical (unpaired) electrons. The van der Waals surface area contributed by atoms with Gasteiger partial charge in [0.2, 0.25) is 0 Å². The van der Waals surface area contributed by atoms with Crippen molar-refractivity contribution in [2.24, 2.45) is 0 Å². The van der Waals surface area contributed by atoms with Gasteiger partial charge in [0.05, 0.1) is 6.07 Å². The molecule has 71 valence electrons. The molecule has 2 nitrogen and oxygen atoms in total. The zero-order valence-corrected chi connectivity index (χ0v) is 6.84. The first-order valence-electron chi connectivity index (χ1n) is 3.75. The van der Waals surface area contributed by atoms with Crippen LogP contribution in [0.15, 0.2) is 24.5 Å². The van der Waals surface area contributed by atoms with Gasteiger partial charge in [-0.3, -0.25) is 0 Å². The highest BCUT2D eigenvalue weighted by Gasteiger charge is 2.13. The second-order valence-electron chi connectivity index (χ2n) is 2.58. The average molecular weight is 197 g/mol. The Morgan fingerprint density at radius 1 is 1.29 bits per heavy atom. The van der Waals surface area contributed by atoms with E-state index in [0.717, 1.165) is 4.68 Å². The molecule has 2 aromatic rings. The molecule has 0 aliphatic carbocycles. The predicted molar refractivity (Wildman–Crippen MR) is 42.3 cm³/mol. The van der Waals surface area contributed by atoms with Crippen molar-refractivity contribution in [2.45, 2.75) is 0 Å². The minimum atomic E-state index is -1.11. The molecule has 1 heterocycles. The van der Waals surface area contributed by atoms with Crippen LogP contribution in [0, 0.1) is 23.5 Å².